The first kappa shape index (κ1) is 11.1. The zero-order valence-electron chi connectivity index (χ0n) is 8.94. The van der Waals surface area contributed by atoms with Crippen LogP contribution in [0.2, 0.25) is 0 Å². The topological polar surface area (TPSA) is 59.6 Å². The van der Waals surface area contributed by atoms with Crippen molar-refractivity contribution in [3.05, 3.63) is 21.9 Å². The van der Waals surface area contributed by atoms with Crippen molar-refractivity contribution in [2.24, 2.45) is 5.92 Å². The predicted molar refractivity (Wildman–Crippen MR) is 62.6 cm³/mol. The van der Waals surface area contributed by atoms with E-state index in [9.17, 15) is 0 Å². The van der Waals surface area contributed by atoms with Gasteiger partial charge in [-0.1, -0.05) is 6.42 Å². The molecule has 0 bridgehead atoms. The average molecular weight is 231 g/mol. The zero-order chi connectivity index (χ0) is 11.4. The van der Waals surface area contributed by atoms with Gasteiger partial charge in [0.25, 0.3) is 0 Å². The van der Waals surface area contributed by atoms with E-state index < -0.39 is 0 Å². The SMILES string of the molecule is N#Cc1csc(CNC2CCCC2C#N)c1. The molecular formula is C12H13N3S. The van der Waals surface area contributed by atoms with Gasteiger partial charge in [0.05, 0.1) is 17.6 Å². The molecule has 1 N–H and O–H groups in total. The highest BCUT2D eigenvalue weighted by molar-refractivity contribution is 7.10. The molecule has 0 radical (unpaired) electrons. The highest BCUT2D eigenvalue weighted by Crippen LogP contribution is 2.25. The van der Waals surface area contributed by atoms with Crippen LogP contribution in [0.5, 0.6) is 0 Å². The lowest BCUT2D eigenvalue weighted by molar-refractivity contribution is 0.466. The number of thiophene rings is 1. The van der Waals surface area contributed by atoms with Crippen LogP contribution in [0.25, 0.3) is 0 Å². The van der Waals surface area contributed by atoms with Crippen LogP contribution in [0.15, 0.2) is 11.4 Å². The second kappa shape index (κ2) is 5.12. The summed E-state index contributed by atoms with van der Waals surface area (Å²) in [5.74, 6) is 0.162. The van der Waals surface area contributed by atoms with Gasteiger partial charge >= 0.3 is 0 Å². The van der Waals surface area contributed by atoms with Crippen LogP contribution in [0.1, 0.15) is 29.7 Å². The second-order valence-corrected chi connectivity index (χ2v) is 5.06. The van der Waals surface area contributed by atoms with E-state index in [1.165, 1.54) is 4.88 Å². The van der Waals surface area contributed by atoms with Crippen molar-refractivity contribution in [2.45, 2.75) is 31.8 Å². The lowest BCUT2D eigenvalue weighted by Gasteiger charge is -2.14. The fourth-order valence-electron chi connectivity index (χ4n) is 2.12. The first-order valence-electron chi connectivity index (χ1n) is 5.44. The van der Waals surface area contributed by atoms with Gasteiger partial charge in [0.1, 0.15) is 6.07 Å². The molecule has 1 aromatic rings. The van der Waals surface area contributed by atoms with Crippen molar-refractivity contribution in [2.75, 3.05) is 0 Å². The Bertz CT molecular complexity index is 438. The fourth-order valence-corrected chi connectivity index (χ4v) is 2.88. The number of nitriles is 2. The molecule has 1 aliphatic rings. The molecule has 0 spiro atoms. The van der Waals surface area contributed by atoms with Crippen LogP contribution in [0.4, 0.5) is 0 Å². The number of hydrogen-bond donors (Lipinski definition) is 1. The smallest absolute Gasteiger partial charge is 0.100 e. The van der Waals surface area contributed by atoms with Gasteiger partial charge in [-0.3, -0.25) is 0 Å². The molecular weight excluding hydrogens is 218 g/mol. The van der Waals surface area contributed by atoms with Gasteiger partial charge in [-0.2, -0.15) is 10.5 Å². The Morgan fingerprint density at radius 2 is 2.31 bits per heavy atom. The van der Waals surface area contributed by atoms with Gasteiger partial charge in [0.2, 0.25) is 0 Å². The molecule has 82 valence electrons. The minimum absolute atomic E-state index is 0.162. The van der Waals surface area contributed by atoms with E-state index in [-0.39, 0.29) is 5.92 Å². The van der Waals surface area contributed by atoms with E-state index in [1.807, 2.05) is 11.4 Å². The normalized spacial score (nSPS) is 23.9. The Labute approximate surface area is 99.3 Å². The van der Waals surface area contributed by atoms with Gasteiger partial charge in [0, 0.05) is 22.8 Å². The largest absolute Gasteiger partial charge is 0.308 e. The zero-order valence-corrected chi connectivity index (χ0v) is 9.76. The van der Waals surface area contributed by atoms with Crippen molar-refractivity contribution in [3.8, 4) is 12.1 Å². The molecule has 0 amide bonds. The summed E-state index contributed by atoms with van der Waals surface area (Å²) in [6.07, 6.45) is 3.25. The van der Waals surface area contributed by atoms with Crippen LogP contribution in [-0.4, -0.2) is 6.04 Å². The fraction of sp³-hybridized carbons (Fsp3) is 0.500. The molecule has 3 nitrogen and oxygen atoms in total. The molecule has 0 saturated heterocycles. The van der Waals surface area contributed by atoms with Gasteiger partial charge in [-0.25, -0.2) is 0 Å². The van der Waals surface area contributed by atoms with Crippen LogP contribution in [0.3, 0.4) is 0 Å². The standard InChI is InChI=1S/C12H13N3S/c13-5-9-4-11(16-8-9)7-15-12-3-1-2-10(12)6-14/h4,8,10,12,15H,1-3,7H2. The molecule has 1 aromatic heterocycles. The Morgan fingerprint density at radius 1 is 1.44 bits per heavy atom. The van der Waals surface area contributed by atoms with E-state index in [4.69, 9.17) is 10.5 Å². The van der Waals surface area contributed by atoms with Crippen LogP contribution >= 0.6 is 11.3 Å². The van der Waals surface area contributed by atoms with Crippen molar-refractivity contribution in [1.29, 1.82) is 10.5 Å². The summed E-state index contributed by atoms with van der Waals surface area (Å²) in [5, 5.41) is 22.9. The minimum Gasteiger partial charge on any atom is -0.308 e. The first-order valence-corrected chi connectivity index (χ1v) is 6.32. The van der Waals surface area contributed by atoms with Crippen molar-refractivity contribution >= 4 is 11.3 Å². The monoisotopic (exact) mass is 231 g/mol. The highest BCUT2D eigenvalue weighted by atomic mass is 32.1. The van der Waals surface area contributed by atoms with E-state index in [0.29, 0.717) is 6.04 Å². The maximum Gasteiger partial charge on any atom is 0.100 e. The Balaban J connectivity index is 1.88. The summed E-state index contributed by atoms with van der Waals surface area (Å²) in [6.45, 7) is 0.773. The van der Waals surface area contributed by atoms with Gasteiger partial charge < -0.3 is 5.32 Å². The van der Waals surface area contributed by atoms with Gasteiger partial charge in [-0.05, 0) is 18.9 Å². The lowest BCUT2D eigenvalue weighted by atomic mass is 10.1. The Hall–Kier alpha value is -1.36. The maximum absolute atomic E-state index is 8.95. The molecule has 2 rings (SSSR count). The van der Waals surface area contributed by atoms with Crippen LogP contribution in [0, 0.1) is 28.6 Å². The first-order chi connectivity index (χ1) is 7.83. The third-order valence-corrected chi connectivity index (χ3v) is 3.94. The molecule has 1 fully saturated rings. The van der Waals surface area contributed by atoms with Gasteiger partial charge in [-0.15, -0.1) is 11.3 Å². The molecule has 0 aliphatic heterocycles. The third kappa shape index (κ3) is 2.41. The van der Waals surface area contributed by atoms with Gasteiger partial charge in [0.15, 0.2) is 0 Å². The molecule has 2 atom stereocenters. The Kier molecular flexibility index (Phi) is 3.56. The molecule has 1 heterocycles. The number of nitrogens with zero attached hydrogens (tertiary/aromatic N) is 2. The molecule has 0 aromatic carbocycles. The molecule has 4 heteroatoms. The van der Waals surface area contributed by atoms with Crippen LogP contribution in [-0.2, 0) is 6.54 Å². The average Bonchev–Trinajstić information content (AvgIpc) is 2.94. The van der Waals surface area contributed by atoms with Crippen molar-refractivity contribution in [1.82, 2.24) is 5.32 Å². The summed E-state index contributed by atoms with van der Waals surface area (Å²) >= 11 is 1.60. The second-order valence-electron chi connectivity index (χ2n) is 4.07. The predicted octanol–water partition coefficient (Wildman–Crippen LogP) is 2.40. The van der Waals surface area contributed by atoms with Crippen molar-refractivity contribution in [3.63, 3.8) is 0 Å². The summed E-state index contributed by atoms with van der Waals surface area (Å²) in [4.78, 5) is 1.17. The number of nitrogens with one attached hydrogen (secondary N) is 1. The summed E-state index contributed by atoms with van der Waals surface area (Å²) in [5.41, 5.74) is 0.727. The highest BCUT2D eigenvalue weighted by Gasteiger charge is 2.26. The molecule has 16 heavy (non-hydrogen) atoms. The molecule has 1 aliphatic carbocycles. The molecule has 1 saturated carbocycles. The van der Waals surface area contributed by atoms with Crippen molar-refractivity contribution < 1.29 is 0 Å². The summed E-state index contributed by atoms with van der Waals surface area (Å²) < 4.78 is 0. The number of rotatable bonds is 3. The van der Waals surface area contributed by atoms with E-state index in [1.54, 1.807) is 11.3 Å². The van der Waals surface area contributed by atoms with E-state index >= 15 is 0 Å². The lowest BCUT2D eigenvalue weighted by Crippen LogP contribution is -2.30. The Morgan fingerprint density at radius 3 is 3.00 bits per heavy atom. The third-order valence-electron chi connectivity index (χ3n) is 3.00. The minimum atomic E-state index is 0.162. The van der Waals surface area contributed by atoms with Crippen LogP contribution < -0.4 is 5.32 Å². The van der Waals surface area contributed by atoms with E-state index in [2.05, 4.69) is 17.5 Å². The number of hydrogen-bond acceptors (Lipinski definition) is 4. The maximum atomic E-state index is 8.95. The molecule has 2 unspecified atom stereocenters. The van der Waals surface area contributed by atoms with E-state index in [0.717, 1.165) is 31.4 Å². The summed E-state index contributed by atoms with van der Waals surface area (Å²) in [7, 11) is 0. The quantitative estimate of drug-likeness (QED) is 0.869. The summed E-state index contributed by atoms with van der Waals surface area (Å²) in [6, 6.07) is 6.72.